The highest BCUT2D eigenvalue weighted by Gasteiger charge is 2.20. The molecule has 0 saturated heterocycles. The van der Waals surface area contributed by atoms with E-state index in [1.807, 2.05) is 6.92 Å². The molecule has 0 aliphatic rings. The molecule has 0 fully saturated rings. The van der Waals surface area contributed by atoms with Crippen molar-refractivity contribution in [2.24, 2.45) is 0 Å². The maximum atomic E-state index is 5.77. The predicted octanol–water partition coefficient (Wildman–Crippen LogP) is 3.11. The highest BCUT2D eigenvalue weighted by atomic mass is 16.7. The van der Waals surface area contributed by atoms with Crippen molar-refractivity contribution >= 4 is 0 Å². The lowest BCUT2D eigenvalue weighted by Crippen LogP contribution is -2.28. The molecule has 0 unspecified atom stereocenters. The van der Waals surface area contributed by atoms with E-state index in [1.165, 1.54) is 0 Å². The molecule has 0 radical (unpaired) electrons. The van der Waals surface area contributed by atoms with Crippen LogP contribution in [0.25, 0.3) is 0 Å². The smallest absolute Gasteiger partial charge is 0.146 e. The standard InChI is InChI=1S/C17H34O6/c1-6-7-8-9-16(22-13-19-4)11-17(23-14-20-5)10-15(2)21-12-18-3/h7-8,15-17H,6,9-14H2,1-5H3/b8-7+/t15-,16+,17-/m0/s1. The predicted molar refractivity (Wildman–Crippen MR) is 89.2 cm³/mol. The summed E-state index contributed by atoms with van der Waals surface area (Å²) in [6.45, 7) is 4.92. The Bertz CT molecular complexity index is 272. The largest absolute Gasteiger partial charge is 0.359 e. The Morgan fingerprint density at radius 3 is 1.87 bits per heavy atom. The second-order valence-electron chi connectivity index (χ2n) is 5.36. The first kappa shape index (κ1) is 22.5. The Morgan fingerprint density at radius 1 is 0.739 bits per heavy atom. The van der Waals surface area contributed by atoms with E-state index < -0.39 is 0 Å². The van der Waals surface area contributed by atoms with Crippen molar-refractivity contribution in [2.45, 2.75) is 57.8 Å². The van der Waals surface area contributed by atoms with Crippen molar-refractivity contribution in [1.29, 1.82) is 0 Å². The zero-order valence-corrected chi connectivity index (χ0v) is 15.3. The summed E-state index contributed by atoms with van der Waals surface area (Å²) < 4.78 is 32.1. The molecule has 0 aliphatic heterocycles. The third-order valence-corrected chi connectivity index (χ3v) is 3.24. The molecular formula is C17H34O6. The Morgan fingerprint density at radius 2 is 1.30 bits per heavy atom. The first-order chi connectivity index (χ1) is 11.2. The first-order valence-corrected chi connectivity index (χ1v) is 8.14. The molecule has 0 heterocycles. The minimum Gasteiger partial charge on any atom is -0.359 e. The monoisotopic (exact) mass is 334 g/mol. The molecule has 0 bridgehead atoms. The number of hydrogen-bond donors (Lipinski definition) is 0. The van der Waals surface area contributed by atoms with Crippen molar-refractivity contribution in [1.82, 2.24) is 0 Å². The van der Waals surface area contributed by atoms with Gasteiger partial charge in [0.2, 0.25) is 0 Å². The lowest BCUT2D eigenvalue weighted by molar-refractivity contribution is -0.131. The fourth-order valence-electron chi connectivity index (χ4n) is 2.12. The molecule has 0 aromatic carbocycles. The Kier molecular flexibility index (Phi) is 16.0. The van der Waals surface area contributed by atoms with Gasteiger partial charge in [-0.05, 0) is 26.2 Å². The van der Waals surface area contributed by atoms with E-state index in [0.29, 0.717) is 0 Å². The van der Waals surface area contributed by atoms with Crippen LogP contribution in [0.3, 0.4) is 0 Å². The van der Waals surface area contributed by atoms with Gasteiger partial charge in [0.25, 0.3) is 0 Å². The fraction of sp³-hybridized carbons (Fsp3) is 0.882. The zero-order valence-electron chi connectivity index (χ0n) is 15.3. The van der Waals surface area contributed by atoms with Crippen LogP contribution in [-0.4, -0.2) is 60.0 Å². The van der Waals surface area contributed by atoms with Crippen molar-refractivity contribution in [3.8, 4) is 0 Å². The van der Waals surface area contributed by atoms with E-state index in [-0.39, 0.29) is 38.7 Å². The summed E-state index contributed by atoms with van der Waals surface area (Å²) in [4.78, 5) is 0. The third-order valence-electron chi connectivity index (χ3n) is 3.24. The molecule has 3 atom stereocenters. The molecule has 0 rings (SSSR count). The molecule has 0 aromatic rings. The zero-order chi connectivity index (χ0) is 17.3. The van der Waals surface area contributed by atoms with Gasteiger partial charge in [0.05, 0.1) is 18.3 Å². The maximum absolute atomic E-state index is 5.77. The van der Waals surface area contributed by atoms with Crippen LogP contribution in [-0.2, 0) is 28.4 Å². The topological polar surface area (TPSA) is 55.4 Å². The lowest BCUT2D eigenvalue weighted by atomic mass is 10.0. The van der Waals surface area contributed by atoms with Crippen molar-refractivity contribution < 1.29 is 28.4 Å². The molecule has 0 saturated carbocycles. The van der Waals surface area contributed by atoms with Crippen LogP contribution in [0.2, 0.25) is 0 Å². The average Bonchev–Trinajstić information content (AvgIpc) is 2.55. The van der Waals surface area contributed by atoms with Gasteiger partial charge in [-0.25, -0.2) is 0 Å². The molecule has 6 heteroatoms. The van der Waals surface area contributed by atoms with Gasteiger partial charge in [-0.2, -0.15) is 0 Å². The minimum atomic E-state index is -0.0151. The number of allylic oxidation sites excluding steroid dienone is 1. The molecule has 6 nitrogen and oxygen atoms in total. The van der Waals surface area contributed by atoms with Gasteiger partial charge in [-0.1, -0.05) is 19.1 Å². The molecule has 0 N–H and O–H groups in total. The summed E-state index contributed by atoms with van der Waals surface area (Å²) in [6, 6.07) is 0. The van der Waals surface area contributed by atoms with Crippen LogP contribution in [0.5, 0.6) is 0 Å². The summed E-state index contributed by atoms with van der Waals surface area (Å²) >= 11 is 0. The van der Waals surface area contributed by atoms with Gasteiger partial charge in [-0.15, -0.1) is 0 Å². The van der Waals surface area contributed by atoms with Crippen LogP contribution in [0.4, 0.5) is 0 Å². The van der Waals surface area contributed by atoms with Crippen LogP contribution in [0.15, 0.2) is 12.2 Å². The molecule has 138 valence electrons. The lowest BCUT2D eigenvalue weighted by Gasteiger charge is -2.25. The number of rotatable bonds is 16. The minimum absolute atomic E-state index is 0.0151. The summed E-state index contributed by atoms with van der Waals surface area (Å²) in [6.07, 6.45) is 7.68. The van der Waals surface area contributed by atoms with E-state index in [0.717, 1.165) is 25.7 Å². The number of hydrogen-bond acceptors (Lipinski definition) is 6. The van der Waals surface area contributed by atoms with Gasteiger partial charge in [0, 0.05) is 27.8 Å². The van der Waals surface area contributed by atoms with E-state index in [1.54, 1.807) is 21.3 Å². The molecule has 0 spiro atoms. The second kappa shape index (κ2) is 16.4. The molecule has 0 aliphatic carbocycles. The van der Waals surface area contributed by atoms with Gasteiger partial charge in [-0.3, -0.25) is 0 Å². The SMILES string of the molecule is CC/C=C/C[C@H](C[C@H](C[C@H](C)OCOC)OCOC)OCOC. The molecule has 23 heavy (non-hydrogen) atoms. The first-order valence-electron chi connectivity index (χ1n) is 8.14. The van der Waals surface area contributed by atoms with E-state index >= 15 is 0 Å². The molecular weight excluding hydrogens is 300 g/mol. The maximum Gasteiger partial charge on any atom is 0.146 e. The van der Waals surface area contributed by atoms with Gasteiger partial charge >= 0.3 is 0 Å². The average molecular weight is 334 g/mol. The quantitative estimate of drug-likeness (QED) is 0.319. The summed E-state index contributed by atoms with van der Waals surface area (Å²) in [5.74, 6) is 0. The molecule has 0 aromatic heterocycles. The van der Waals surface area contributed by atoms with Crippen LogP contribution in [0, 0.1) is 0 Å². The van der Waals surface area contributed by atoms with Gasteiger partial charge in [0.15, 0.2) is 0 Å². The Balaban J connectivity index is 4.51. The number of methoxy groups -OCH3 is 3. The third kappa shape index (κ3) is 13.6. The van der Waals surface area contributed by atoms with Crippen molar-refractivity contribution in [2.75, 3.05) is 41.7 Å². The van der Waals surface area contributed by atoms with Crippen LogP contribution in [0.1, 0.15) is 39.5 Å². The summed E-state index contributed by atoms with van der Waals surface area (Å²) in [5.41, 5.74) is 0. The van der Waals surface area contributed by atoms with E-state index in [2.05, 4.69) is 19.1 Å². The fourth-order valence-corrected chi connectivity index (χ4v) is 2.12. The summed E-state index contributed by atoms with van der Waals surface area (Å²) in [7, 11) is 4.85. The normalized spacial score (nSPS) is 15.9. The summed E-state index contributed by atoms with van der Waals surface area (Å²) in [5, 5.41) is 0. The number of ether oxygens (including phenoxy) is 6. The van der Waals surface area contributed by atoms with Crippen molar-refractivity contribution in [3.05, 3.63) is 12.2 Å². The van der Waals surface area contributed by atoms with Crippen LogP contribution >= 0.6 is 0 Å². The van der Waals surface area contributed by atoms with Crippen molar-refractivity contribution in [3.63, 3.8) is 0 Å². The van der Waals surface area contributed by atoms with E-state index in [4.69, 9.17) is 28.4 Å². The van der Waals surface area contributed by atoms with E-state index in [9.17, 15) is 0 Å². The highest BCUT2D eigenvalue weighted by molar-refractivity contribution is 4.84. The molecule has 0 amide bonds. The van der Waals surface area contributed by atoms with Gasteiger partial charge in [0.1, 0.15) is 20.4 Å². The Hall–Kier alpha value is -0.500. The highest BCUT2D eigenvalue weighted by Crippen LogP contribution is 2.17. The van der Waals surface area contributed by atoms with Crippen LogP contribution < -0.4 is 0 Å². The van der Waals surface area contributed by atoms with Gasteiger partial charge < -0.3 is 28.4 Å². The Labute approximate surface area is 141 Å². The second-order valence-corrected chi connectivity index (χ2v) is 5.36.